The summed E-state index contributed by atoms with van der Waals surface area (Å²) in [4.78, 5) is 23.2. The molecule has 0 heterocycles. The first kappa shape index (κ1) is 13.9. The maximum Gasteiger partial charge on any atom is 0.379 e. The molecule has 0 amide bonds. The van der Waals surface area contributed by atoms with Crippen molar-refractivity contribution in [1.82, 2.24) is 0 Å². The average Bonchev–Trinajstić information content (AvgIpc) is 3.07. The van der Waals surface area contributed by atoms with E-state index in [0.29, 0.717) is 16.7 Å². The van der Waals surface area contributed by atoms with Crippen LogP contribution in [0.1, 0.15) is 30.6 Å². The van der Waals surface area contributed by atoms with Crippen molar-refractivity contribution in [3.63, 3.8) is 0 Å². The van der Waals surface area contributed by atoms with Gasteiger partial charge in [-0.3, -0.25) is 4.79 Å². The number of carbonyl (C=O) groups excluding carboxylic acids is 2. The average molecular weight is 283 g/mol. The fourth-order valence-electron chi connectivity index (χ4n) is 1.66. The van der Waals surface area contributed by atoms with Crippen LogP contribution in [0.25, 0.3) is 0 Å². The predicted octanol–water partition coefficient (Wildman–Crippen LogP) is 2.87. The van der Waals surface area contributed by atoms with Crippen LogP contribution in [0.5, 0.6) is 5.75 Å². The molecule has 2 rings (SSSR count). The number of ether oxygens (including phenoxy) is 2. The number of esters is 1. The summed E-state index contributed by atoms with van der Waals surface area (Å²) in [6.07, 6.45) is 1.12. The second-order valence-electron chi connectivity index (χ2n) is 4.56. The Morgan fingerprint density at radius 2 is 2.11 bits per heavy atom. The lowest BCUT2D eigenvalue weighted by molar-refractivity contribution is -0.137. The van der Waals surface area contributed by atoms with Gasteiger partial charge in [-0.25, -0.2) is 4.79 Å². The highest BCUT2D eigenvalue weighted by Crippen LogP contribution is 2.37. The molecule has 1 aromatic carbocycles. The molecule has 1 aliphatic rings. The Hall–Kier alpha value is -1.55. The molecule has 5 heteroatoms. The van der Waals surface area contributed by atoms with Crippen LogP contribution in [0.4, 0.5) is 0 Å². The van der Waals surface area contributed by atoms with Crippen molar-refractivity contribution in [2.45, 2.75) is 26.4 Å². The Balaban J connectivity index is 2.15. The van der Waals surface area contributed by atoms with Crippen molar-refractivity contribution in [3.05, 3.63) is 28.8 Å². The van der Waals surface area contributed by atoms with Gasteiger partial charge in [-0.15, -0.1) is 0 Å². The van der Waals surface area contributed by atoms with Gasteiger partial charge in [0.25, 0.3) is 5.78 Å². The number of hydrogen-bond acceptors (Lipinski definition) is 4. The quantitative estimate of drug-likeness (QED) is 0.473. The zero-order valence-electron chi connectivity index (χ0n) is 10.8. The Morgan fingerprint density at radius 3 is 2.68 bits per heavy atom. The highest BCUT2D eigenvalue weighted by atomic mass is 35.5. The molecule has 1 fully saturated rings. The second kappa shape index (κ2) is 5.61. The van der Waals surface area contributed by atoms with E-state index in [1.165, 1.54) is 12.1 Å². The minimum atomic E-state index is -0.865. The SMILES string of the molecule is CCOC(=O)C(=O)c1ccc(Cl)c(OC2C[C@@H]2C)c1. The first-order valence-corrected chi connectivity index (χ1v) is 6.58. The van der Waals surface area contributed by atoms with Gasteiger partial charge in [-0.2, -0.15) is 0 Å². The third-order valence-electron chi connectivity index (χ3n) is 2.97. The van der Waals surface area contributed by atoms with E-state index in [4.69, 9.17) is 16.3 Å². The molecular weight excluding hydrogens is 268 g/mol. The van der Waals surface area contributed by atoms with Gasteiger partial charge >= 0.3 is 5.97 Å². The molecule has 1 aromatic rings. The Labute approximate surface area is 116 Å². The van der Waals surface area contributed by atoms with E-state index in [-0.39, 0.29) is 18.3 Å². The summed E-state index contributed by atoms with van der Waals surface area (Å²) < 4.78 is 10.3. The standard InChI is InChI=1S/C14H15ClO4/c1-3-18-14(17)13(16)9-4-5-10(15)12(7-9)19-11-6-8(11)2/h4-5,7-8,11H,3,6H2,1-2H3/t8-,11?/m0/s1. The molecule has 102 valence electrons. The zero-order valence-corrected chi connectivity index (χ0v) is 11.6. The molecule has 0 spiro atoms. The Morgan fingerprint density at radius 1 is 1.42 bits per heavy atom. The van der Waals surface area contributed by atoms with E-state index >= 15 is 0 Å². The van der Waals surface area contributed by atoms with Gasteiger partial charge in [0.15, 0.2) is 0 Å². The van der Waals surface area contributed by atoms with Crippen LogP contribution in [0.3, 0.4) is 0 Å². The van der Waals surface area contributed by atoms with Gasteiger partial charge in [-0.1, -0.05) is 18.5 Å². The maximum absolute atomic E-state index is 11.8. The Kier molecular flexibility index (Phi) is 4.10. The van der Waals surface area contributed by atoms with Crippen molar-refractivity contribution in [2.24, 2.45) is 5.92 Å². The normalized spacial score (nSPS) is 20.8. The van der Waals surface area contributed by atoms with Crippen molar-refractivity contribution < 1.29 is 19.1 Å². The van der Waals surface area contributed by atoms with Crippen LogP contribution in [0.2, 0.25) is 5.02 Å². The fraction of sp³-hybridized carbons (Fsp3) is 0.429. The molecule has 0 saturated heterocycles. The summed E-state index contributed by atoms with van der Waals surface area (Å²) in [7, 11) is 0. The maximum atomic E-state index is 11.8. The molecule has 0 bridgehead atoms. The molecule has 0 N–H and O–H groups in total. The van der Waals surface area contributed by atoms with E-state index in [1.54, 1.807) is 13.0 Å². The number of rotatable bonds is 5. The summed E-state index contributed by atoms with van der Waals surface area (Å²) in [5.74, 6) is -0.616. The largest absolute Gasteiger partial charge is 0.489 e. The van der Waals surface area contributed by atoms with Crippen LogP contribution in [-0.2, 0) is 9.53 Å². The van der Waals surface area contributed by atoms with E-state index in [1.807, 2.05) is 0 Å². The van der Waals surface area contributed by atoms with Gasteiger partial charge in [-0.05, 0) is 37.5 Å². The molecule has 1 unspecified atom stereocenters. The van der Waals surface area contributed by atoms with Crippen molar-refractivity contribution in [3.8, 4) is 5.75 Å². The molecule has 0 aliphatic heterocycles. The lowest BCUT2D eigenvalue weighted by Gasteiger charge is -2.09. The Bertz CT molecular complexity index is 512. The van der Waals surface area contributed by atoms with Gasteiger partial charge < -0.3 is 9.47 Å². The lowest BCUT2D eigenvalue weighted by Crippen LogP contribution is -2.17. The predicted molar refractivity (Wildman–Crippen MR) is 70.6 cm³/mol. The fourth-order valence-corrected chi connectivity index (χ4v) is 1.83. The minimum absolute atomic E-state index is 0.144. The summed E-state index contributed by atoms with van der Waals surface area (Å²) in [5, 5.41) is 0.430. The molecule has 0 aromatic heterocycles. The first-order valence-electron chi connectivity index (χ1n) is 6.20. The van der Waals surface area contributed by atoms with Gasteiger partial charge in [0.05, 0.1) is 11.6 Å². The number of ketones is 1. The van der Waals surface area contributed by atoms with Crippen LogP contribution >= 0.6 is 11.6 Å². The monoisotopic (exact) mass is 282 g/mol. The first-order chi connectivity index (χ1) is 9.02. The molecule has 19 heavy (non-hydrogen) atoms. The number of carbonyl (C=O) groups is 2. The van der Waals surface area contributed by atoms with E-state index in [2.05, 4.69) is 11.7 Å². The number of hydrogen-bond donors (Lipinski definition) is 0. The van der Waals surface area contributed by atoms with Crippen molar-refractivity contribution >= 4 is 23.4 Å². The molecule has 0 radical (unpaired) electrons. The summed E-state index contributed by atoms with van der Waals surface area (Å²) in [6.45, 7) is 3.89. The molecule has 2 atom stereocenters. The minimum Gasteiger partial charge on any atom is -0.489 e. The summed E-state index contributed by atoms with van der Waals surface area (Å²) in [5.41, 5.74) is 0.228. The lowest BCUT2D eigenvalue weighted by atomic mass is 10.1. The summed E-state index contributed by atoms with van der Waals surface area (Å²) >= 11 is 6.01. The third kappa shape index (κ3) is 3.26. The number of Topliss-reactive ketones (excluding diaryl/α,β-unsaturated/α-hetero) is 1. The van der Waals surface area contributed by atoms with Crippen molar-refractivity contribution in [1.29, 1.82) is 0 Å². The van der Waals surface area contributed by atoms with E-state index in [9.17, 15) is 9.59 Å². The van der Waals surface area contributed by atoms with Gasteiger partial charge in [0, 0.05) is 5.56 Å². The molecule has 1 aliphatic carbocycles. The van der Waals surface area contributed by atoms with Gasteiger partial charge in [0.1, 0.15) is 11.9 Å². The third-order valence-corrected chi connectivity index (χ3v) is 3.28. The van der Waals surface area contributed by atoms with E-state index in [0.717, 1.165) is 6.42 Å². The second-order valence-corrected chi connectivity index (χ2v) is 4.97. The van der Waals surface area contributed by atoms with E-state index < -0.39 is 11.8 Å². The highest BCUT2D eigenvalue weighted by molar-refractivity contribution is 6.41. The van der Waals surface area contributed by atoms with Crippen LogP contribution in [0, 0.1) is 5.92 Å². The summed E-state index contributed by atoms with van der Waals surface area (Å²) in [6, 6.07) is 4.54. The zero-order chi connectivity index (χ0) is 14.0. The topological polar surface area (TPSA) is 52.6 Å². The highest BCUT2D eigenvalue weighted by Gasteiger charge is 2.35. The molecule has 4 nitrogen and oxygen atoms in total. The van der Waals surface area contributed by atoms with Crippen LogP contribution in [-0.4, -0.2) is 24.5 Å². The number of benzene rings is 1. The van der Waals surface area contributed by atoms with Gasteiger partial charge in [0.2, 0.25) is 0 Å². The number of halogens is 1. The van der Waals surface area contributed by atoms with Crippen LogP contribution < -0.4 is 4.74 Å². The van der Waals surface area contributed by atoms with Crippen molar-refractivity contribution in [2.75, 3.05) is 6.61 Å². The molecular formula is C14H15ClO4. The van der Waals surface area contributed by atoms with Crippen LogP contribution in [0.15, 0.2) is 18.2 Å². The molecule has 1 saturated carbocycles. The smallest absolute Gasteiger partial charge is 0.379 e.